The van der Waals surface area contributed by atoms with Gasteiger partial charge in [0.25, 0.3) is 0 Å². The first-order chi connectivity index (χ1) is 5.74. The molecule has 1 fully saturated rings. The SMILES string of the molecule is CC(CNCC(O)CO)C1CC1. The average Bonchev–Trinajstić information content (AvgIpc) is 2.86. The van der Waals surface area contributed by atoms with Crippen LogP contribution in [0.3, 0.4) is 0 Å². The Morgan fingerprint density at radius 2 is 2.08 bits per heavy atom. The van der Waals surface area contributed by atoms with Crippen molar-refractivity contribution in [3.8, 4) is 0 Å². The number of aliphatic hydroxyl groups excluding tert-OH is 2. The van der Waals surface area contributed by atoms with E-state index in [4.69, 9.17) is 10.2 Å². The van der Waals surface area contributed by atoms with E-state index in [0.717, 1.165) is 18.4 Å². The van der Waals surface area contributed by atoms with Crippen LogP contribution in [0.4, 0.5) is 0 Å². The zero-order valence-corrected chi connectivity index (χ0v) is 7.66. The largest absolute Gasteiger partial charge is 0.394 e. The van der Waals surface area contributed by atoms with Crippen molar-refractivity contribution in [1.29, 1.82) is 0 Å². The molecule has 0 heterocycles. The minimum atomic E-state index is -0.601. The highest BCUT2D eigenvalue weighted by Gasteiger charge is 2.27. The lowest BCUT2D eigenvalue weighted by atomic mass is 10.1. The molecule has 3 N–H and O–H groups in total. The van der Waals surface area contributed by atoms with Gasteiger partial charge in [-0.05, 0) is 31.2 Å². The maximum absolute atomic E-state index is 9.01. The minimum Gasteiger partial charge on any atom is -0.394 e. The highest BCUT2D eigenvalue weighted by Crippen LogP contribution is 2.35. The molecule has 12 heavy (non-hydrogen) atoms. The molecule has 0 radical (unpaired) electrons. The maximum atomic E-state index is 9.01. The van der Waals surface area contributed by atoms with Crippen LogP contribution in [0.5, 0.6) is 0 Å². The molecule has 3 nitrogen and oxygen atoms in total. The number of hydrogen-bond acceptors (Lipinski definition) is 3. The van der Waals surface area contributed by atoms with Gasteiger partial charge in [-0.25, -0.2) is 0 Å². The first kappa shape index (κ1) is 9.96. The van der Waals surface area contributed by atoms with E-state index in [1.165, 1.54) is 12.8 Å². The van der Waals surface area contributed by atoms with Crippen LogP contribution in [0.15, 0.2) is 0 Å². The highest BCUT2D eigenvalue weighted by atomic mass is 16.3. The molecule has 72 valence electrons. The summed E-state index contributed by atoms with van der Waals surface area (Å²) in [5, 5.41) is 20.7. The molecule has 2 unspecified atom stereocenters. The van der Waals surface area contributed by atoms with Crippen molar-refractivity contribution in [2.45, 2.75) is 25.9 Å². The lowest BCUT2D eigenvalue weighted by Crippen LogP contribution is -2.32. The van der Waals surface area contributed by atoms with Gasteiger partial charge in [-0.1, -0.05) is 6.92 Å². The number of hydrogen-bond donors (Lipinski definition) is 3. The van der Waals surface area contributed by atoms with Gasteiger partial charge in [0, 0.05) is 6.54 Å². The van der Waals surface area contributed by atoms with Crippen molar-refractivity contribution >= 4 is 0 Å². The summed E-state index contributed by atoms with van der Waals surface area (Å²) in [4.78, 5) is 0. The number of nitrogens with one attached hydrogen (secondary N) is 1. The molecule has 0 saturated heterocycles. The monoisotopic (exact) mass is 173 g/mol. The van der Waals surface area contributed by atoms with E-state index in [2.05, 4.69) is 12.2 Å². The van der Waals surface area contributed by atoms with Crippen LogP contribution in [0.25, 0.3) is 0 Å². The predicted molar refractivity (Wildman–Crippen MR) is 47.9 cm³/mol. The molecule has 0 aromatic carbocycles. The second kappa shape index (κ2) is 4.80. The Kier molecular flexibility index (Phi) is 3.98. The van der Waals surface area contributed by atoms with Crippen LogP contribution in [0.1, 0.15) is 19.8 Å². The van der Waals surface area contributed by atoms with Gasteiger partial charge >= 0.3 is 0 Å². The van der Waals surface area contributed by atoms with E-state index < -0.39 is 6.10 Å². The van der Waals surface area contributed by atoms with Crippen LogP contribution in [0.2, 0.25) is 0 Å². The smallest absolute Gasteiger partial charge is 0.0894 e. The lowest BCUT2D eigenvalue weighted by Gasteiger charge is -2.13. The van der Waals surface area contributed by atoms with E-state index in [1.54, 1.807) is 0 Å². The normalized spacial score (nSPS) is 22.2. The van der Waals surface area contributed by atoms with E-state index in [-0.39, 0.29) is 6.61 Å². The lowest BCUT2D eigenvalue weighted by molar-refractivity contribution is 0.0935. The maximum Gasteiger partial charge on any atom is 0.0894 e. The summed E-state index contributed by atoms with van der Waals surface area (Å²) in [6, 6.07) is 0. The van der Waals surface area contributed by atoms with Gasteiger partial charge < -0.3 is 15.5 Å². The minimum absolute atomic E-state index is 0.148. The molecule has 1 saturated carbocycles. The zero-order chi connectivity index (χ0) is 8.97. The van der Waals surface area contributed by atoms with Crippen LogP contribution in [-0.4, -0.2) is 36.0 Å². The van der Waals surface area contributed by atoms with E-state index in [1.807, 2.05) is 0 Å². The van der Waals surface area contributed by atoms with Crippen molar-refractivity contribution in [1.82, 2.24) is 5.32 Å². The summed E-state index contributed by atoms with van der Waals surface area (Å²) >= 11 is 0. The van der Waals surface area contributed by atoms with Gasteiger partial charge in [-0.2, -0.15) is 0 Å². The average molecular weight is 173 g/mol. The van der Waals surface area contributed by atoms with E-state index >= 15 is 0 Å². The Hall–Kier alpha value is -0.120. The van der Waals surface area contributed by atoms with Crippen molar-refractivity contribution in [3.05, 3.63) is 0 Å². The molecule has 3 heteroatoms. The van der Waals surface area contributed by atoms with Crippen LogP contribution >= 0.6 is 0 Å². The van der Waals surface area contributed by atoms with E-state index in [9.17, 15) is 0 Å². The summed E-state index contributed by atoms with van der Waals surface area (Å²) in [6.07, 6.45) is 2.13. The fourth-order valence-corrected chi connectivity index (χ4v) is 1.37. The standard InChI is InChI=1S/C9H19NO2/c1-7(8-2-3-8)4-10-5-9(12)6-11/h7-12H,2-6H2,1H3. The van der Waals surface area contributed by atoms with Crippen LogP contribution in [-0.2, 0) is 0 Å². The van der Waals surface area contributed by atoms with Gasteiger partial charge in [0.15, 0.2) is 0 Å². The number of rotatable bonds is 6. The molecule has 0 aliphatic heterocycles. The fourth-order valence-electron chi connectivity index (χ4n) is 1.37. The molecule has 1 rings (SSSR count). The zero-order valence-electron chi connectivity index (χ0n) is 7.66. The molecular weight excluding hydrogens is 154 g/mol. The van der Waals surface area contributed by atoms with Gasteiger partial charge in [-0.3, -0.25) is 0 Å². The van der Waals surface area contributed by atoms with Crippen molar-refractivity contribution in [2.75, 3.05) is 19.7 Å². The Bertz CT molecular complexity index is 126. The van der Waals surface area contributed by atoms with Gasteiger partial charge in [0.2, 0.25) is 0 Å². The summed E-state index contributed by atoms with van der Waals surface area (Å²) < 4.78 is 0. The van der Waals surface area contributed by atoms with Gasteiger partial charge in [0.1, 0.15) is 0 Å². The summed E-state index contributed by atoms with van der Waals surface area (Å²) in [5.74, 6) is 1.62. The number of aliphatic hydroxyl groups is 2. The van der Waals surface area contributed by atoms with Crippen molar-refractivity contribution in [3.63, 3.8) is 0 Å². The molecule has 0 bridgehead atoms. The summed E-state index contributed by atoms with van der Waals surface area (Å²) in [5.41, 5.74) is 0. The quantitative estimate of drug-likeness (QED) is 0.529. The Morgan fingerprint density at radius 1 is 1.42 bits per heavy atom. The second-order valence-corrected chi connectivity index (χ2v) is 3.81. The molecule has 0 aromatic heterocycles. The second-order valence-electron chi connectivity index (χ2n) is 3.81. The Morgan fingerprint density at radius 3 is 2.58 bits per heavy atom. The topological polar surface area (TPSA) is 52.5 Å². The molecule has 1 aliphatic rings. The molecular formula is C9H19NO2. The summed E-state index contributed by atoms with van der Waals surface area (Å²) in [6.45, 7) is 3.55. The van der Waals surface area contributed by atoms with Crippen LogP contribution in [0, 0.1) is 11.8 Å². The molecule has 0 spiro atoms. The van der Waals surface area contributed by atoms with Gasteiger partial charge in [-0.15, -0.1) is 0 Å². The van der Waals surface area contributed by atoms with Gasteiger partial charge in [0.05, 0.1) is 12.7 Å². The van der Waals surface area contributed by atoms with E-state index in [0.29, 0.717) is 6.54 Å². The third kappa shape index (κ3) is 3.52. The first-order valence-corrected chi connectivity index (χ1v) is 4.73. The van der Waals surface area contributed by atoms with Crippen molar-refractivity contribution in [2.24, 2.45) is 11.8 Å². The Labute approximate surface area is 73.8 Å². The molecule has 0 amide bonds. The first-order valence-electron chi connectivity index (χ1n) is 4.73. The summed E-state index contributed by atoms with van der Waals surface area (Å²) in [7, 11) is 0. The van der Waals surface area contributed by atoms with Crippen molar-refractivity contribution < 1.29 is 10.2 Å². The van der Waals surface area contributed by atoms with Crippen LogP contribution < -0.4 is 5.32 Å². The fraction of sp³-hybridized carbons (Fsp3) is 1.00. The third-order valence-electron chi connectivity index (χ3n) is 2.48. The third-order valence-corrected chi connectivity index (χ3v) is 2.48. The molecule has 0 aromatic rings. The predicted octanol–water partition coefficient (Wildman–Crippen LogP) is -0.0247. The Balaban J connectivity index is 1.93. The molecule has 2 atom stereocenters. The molecule has 1 aliphatic carbocycles. The highest BCUT2D eigenvalue weighted by molar-refractivity contribution is 4.79.